The SMILES string of the molecule is Cc1ccc(S(=O)(=O)N=S(=O)(c2ccccc2)[C@@]2(C)O[C@H]2CCc2ccccc2)cc1. The first-order valence-corrected chi connectivity index (χ1v) is 13.1. The average Bonchev–Trinajstić information content (AvgIpc) is 3.45. The van der Waals surface area contributed by atoms with Crippen LogP contribution in [0.4, 0.5) is 0 Å². The highest BCUT2D eigenvalue weighted by atomic mass is 32.3. The van der Waals surface area contributed by atoms with Gasteiger partial charge >= 0.3 is 0 Å². The normalized spacial score (nSPS) is 22.5. The molecule has 1 heterocycles. The van der Waals surface area contributed by atoms with Crippen LogP contribution in [0.25, 0.3) is 0 Å². The Labute approximate surface area is 184 Å². The van der Waals surface area contributed by atoms with Crippen molar-refractivity contribution in [3.05, 3.63) is 96.1 Å². The third-order valence-corrected chi connectivity index (χ3v) is 10.4. The Morgan fingerprint density at radius 2 is 1.42 bits per heavy atom. The van der Waals surface area contributed by atoms with E-state index in [0.717, 1.165) is 17.5 Å². The maximum atomic E-state index is 14.3. The molecule has 1 fully saturated rings. The third-order valence-electron chi connectivity index (χ3n) is 5.58. The van der Waals surface area contributed by atoms with Crippen LogP contribution in [0.1, 0.15) is 24.5 Å². The van der Waals surface area contributed by atoms with Crippen molar-refractivity contribution in [2.45, 2.75) is 47.5 Å². The maximum Gasteiger partial charge on any atom is 0.290 e. The van der Waals surface area contributed by atoms with E-state index in [1.165, 1.54) is 12.1 Å². The van der Waals surface area contributed by atoms with E-state index in [-0.39, 0.29) is 11.0 Å². The second kappa shape index (κ2) is 8.22. The van der Waals surface area contributed by atoms with E-state index in [9.17, 15) is 12.6 Å². The van der Waals surface area contributed by atoms with Crippen LogP contribution in [0.2, 0.25) is 0 Å². The molecule has 0 N–H and O–H groups in total. The molecule has 3 aromatic carbocycles. The zero-order valence-electron chi connectivity index (χ0n) is 17.5. The van der Waals surface area contributed by atoms with Crippen LogP contribution in [0, 0.1) is 6.92 Å². The molecule has 1 aliphatic heterocycles. The molecule has 3 aromatic rings. The fourth-order valence-electron chi connectivity index (χ4n) is 3.60. The minimum Gasteiger partial charge on any atom is -0.351 e. The molecule has 0 amide bonds. The van der Waals surface area contributed by atoms with Gasteiger partial charge in [-0.25, -0.2) is 4.21 Å². The van der Waals surface area contributed by atoms with Gasteiger partial charge in [0.25, 0.3) is 10.0 Å². The summed E-state index contributed by atoms with van der Waals surface area (Å²) >= 11 is 0. The van der Waals surface area contributed by atoms with Crippen LogP contribution in [0.3, 0.4) is 0 Å². The monoisotopic (exact) mass is 455 g/mol. The van der Waals surface area contributed by atoms with Crippen molar-refractivity contribution in [3.8, 4) is 0 Å². The van der Waals surface area contributed by atoms with Gasteiger partial charge in [-0.2, -0.15) is 8.42 Å². The number of hydrogen-bond donors (Lipinski definition) is 0. The number of benzene rings is 3. The van der Waals surface area contributed by atoms with Gasteiger partial charge in [0.05, 0.1) is 9.79 Å². The molecule has 0 aromatic heterocycles. The van der Waals surface area contributed by atoms with Crippen molar-refractivity contribution in [2.75, 3.05) is 0 Å². The van der Waals surface area contributed by atoms with E-state index in [4.69, 9.17) is 4.74 Å². The van der Waals surface area contributed by atoms with E-state index >= 15 is 0 Å². The lowest BCUT2D eigenvalue weighted by Gasteiger charge is -2.15. The lowest BCUT2D eigenvalue weighted by atomic mass is 10.1. The molecule has 0 saturated carbocycles. The van der Waals surface area contributed by atoms with Crippen molar-refractivity contribution in [3.63, 3.8) is 0 Å². The molecule has 1 saturated heterocycles. The Morgan fingerprint density at radius 1 is 0.839 bits per heavy atom. The van der Waals surface area contributed by atoms with Gasteiger partial charge in [0.2, 0.25) is 0 Å². The summed E-state index contributed by atoms with van der Waals surface area (Å²) in [6, 6.07) is 24.9. The highest BCUT2D eigenvalue weighted by Crippen LogP contribution is 2.48. The Hall–Kier alpha value is -2.48. The van der Waals surface area contributed by atoms with Gasteiger partial charge in [0, 0.05) is 0 Å². The Kier molecular flexibility index (Phi) is 5.77. The molecule has 4 rings (SSSR count). The minimum atomic E-state index is -4.15. The van der Waals surface area contributed by atoms with E-state index in [2.05, 4.69) is 3.77 Å². The Bertz CT molecular complexity index is 1280. The van der Waals surface area contributed by atoms with Crippen molar-refractivity contribution < 1.29 is 17.4 Å². The van der Waals surface area contributed by atoms with E-state index in [1.54, 1.807) is 49.4 Å². The van der Waals surface area contributed by atoms with E-state index in [1.807, 2.05) is 37.3 Å². The van der Waals surface area contributed by atoms with Crippen molar-refractivity contribution in [1.29, 1.82) is 0 Å². The van der Waals surface area contributed by atoms with Crippen LogP contribution >= 0.6 is 0 Å². The molecular formula is C24H25NO4S2. The van der Waals surface area contributed by atoms with Gasteiger partial charge < -0.3 is 4.74 Å². The average molecular weight is 456 g/mol. The number of sulfonamides is 1. The van der Waals surface area contributed by atoms with Gasteiger partial charge in [-0.3, -0.25) is 0 Å². The lowest BCUT2D eigenvalue weighted by molar-refractivity contribution is 0.353. The first-order valence-electron chi connectivity index (χ1n) is 10.1. The molecule has 0 spiro atoms. The highest BCUT2D eigenvalue weighted by molar-refractivity contribution is 8.04. The molecule has 0 bridgehead atoms. The van der Waals surface area contributed by atoms with Crippen LogP contribution in [0.5, 0.6) is 0 Å². The summed E-state index contributed by atoms with van der Waals surface area (Å²) in [6.45, 7) is 3.57. The first kappa shape index (κ1) is 21.7. The zero-order valence-corrected chi connectivity index (χ0v) is 19.1. The minimum absolute atomic E-state index is 0.0202. The third kappa shape index (κ3) is 4.31. The predicted molar refractivity (Wildman–Crippen MR) is 122 cm³/mol. The van der Waals surface area contributed by atoms with Crippen molar-refractivity contribution in [1.82, 2.24) is 0 Å². The van der Waals surface area contributed by atoms with Crippen LogP contribution in [0.15, 0.2) is 98.5 Å². The molecule has 5 nitrogen and oxygen atoms in total. The summed E-state index contributed by atoms with van der Waals surface area (Å²) in [6.07, 6.45) is 1.03. The lowest BCUT2D eigenvalue weighted by Crippen LogP contribution is -2.25. The summed E-state index contributed by atoms with van der Waals surface area (Å²) < 4.78 is 50.4. The van der Waals surface area contributed by atoms with Crippen molar-refractivity contribution in [2.24, 2.45) is 3.77 Å². The first-order chi connectivity index (χ1) is 14.7. The molecule has 0 aliphatic carbocycles. The number of nitrogens with zero attached hydrogens (tertiary/aromatic N) is 1. The molecular weight excluding hydrogens is 430 g/mol. The molecule has 1 aliphatic rings. The molecule has 0 radical (unpaired) electrons. The number of aryl methyl sites for hydroxylation is 2. The largest absolute Gasteiger partial charge is 0.351 e. The second-order valence-corrected chi connectivity index (χ2v) is 12.2. The summed E-state index contributed by atoms with van der Waals surface area (Å²) in [7, 11) is -7.57. The topological polar surface area (TPSA) is 76.1 Å². The summed E-state index contributed by atoms with van der Waals surface area (Å²) in [5.74, 6) is 0. The second-order valence-electron chi connectivity index (χ2n) is 7.85. The van der Waals surface area contributed by atoms with Crippen molar-refractivity contribution >= 4 is 19.8 Å². The fraction of sp³-hybridized carbons (Fsp3) is 0.250. The van der Waals surface area contributed by atoms with Gasteiger partial charge in [-0.05, 0) is 56.5 Å². The van der Waals surface area contributed by atoms with E-state index in [0.29, 0.717) is 11.3 Å². The molecule has 7 heteroatoms. The van der Waals surface area contributed by atoms with Crippen LogP contribution in [-0.2, 0) is 30.9 Å². The Balaban J connectivity index is 1.72. The smallest absolute Gasteiger partial charge is 0.290 e. The van der Waals surface area contributed by atoms with Gasteiger partial charge in [-0.1, -0.05) is 70.0 Å². The number of hydrogen-bond acceptors (Lipinski definition) is 4. The number of rotatable bonds is 7. The van der Waals surface area contributed by atoms with Crippen LogP contribution < -0.4 is 0 Å². The van der Waals surface area contributed by atoms with E-state index < -0.39 is 24.7 Å². The summed E-state index contributed by atoms with van der Waals surface area (Å²) in [5, 5.41) is 0. The standard InChI is InChI=1S/C24H25NO4S2/c1-19-13-16-22(17-14-19)31(27,28)25-30(26,21-11-7-4-8-12-21)24(2)23(29-24)18-15-20-9-5-3-6-10-20/h3-14,16-17,23H,15,18H2,1-2H3/t23-,24+,30?/m0/s1. The van der Waals surface area contributed by atoms with Crippen LogP contribution in [-0.4, -0.2) is 23.7 Å². The zero-order chi connectivity index (χ0) is 22.1. The molecule has 162 valence electrons. The molecule has 3 atom stereocenters. The fourth-order valence-corrected chi connectivity index (χ4v) is 8.18. The van der Waals surface area contributed by atoms with Gasteiger partial charge in [0.1, 0.15) is 15.8 Å². The molecule has 1 unspecified atom stereocenters. The summed E-state index contributed by atoms with van der Waals surface area (Å²) in [4.78, 5) is -0.803. The maximum absolute atomic E-state index is 14.3. The quantitative estimate of drug-likeness (QED) is 0.472. The number of epoxide rings is 1. The predicted octanol–water partition coefficient (Wildman–Crippen LogP) is 4.96. The number of ether oxygens (including phenoxy) is 1. The highest BCUT2D eigenvalue weighted by Gasteiger charge is 2.61. The summed E-state index contributed by atoms with van der Waals surface area (Å²) in [5.41, 5.74) is 2.08. The molecule has 31 heavy (non-hydrogen) atoms. The van der Waals surface area contributed by atoms with Gasteiger partial charge in [-0.15, -0.1) is 0 Å². The Morgan fingerprint density at radius 3 is 2.03 bits per heavy atom. The van der Waals surface area contributed by atoms with Gasteiger partial charge in [0.15, 0.2) is 4.93 Å².